The van der Waals surface area contributed by atoms with Gasteiger partial charge in [-0.1, -0.05) is 419 Å². The highest BCUT2D eigenvalue weighted by atomic mass is 31.2. The molecule has 19 heteroatoms. The minimum absolute atomic E-state index is 0.109. The first-order valence-electron chi connectivity index (χ1n) is 44.8. The third-order valence-electron chi connectivity index (χ3n) is 20.4. The largest absolute Gasteiger partial charge is 0.472 e. The van der Waals surface area contributed by atoms with Crippen LogP contribution in [0.1, 0.15) is 471 Å². The second-order valence-electron chi connectivity index (χ2n) is 30.9. The maximum absolute atomic E-state index is 13.1. The zero-order valence-corrected chi connectivity index (χ0v) is 70.5. The van der Waals surface area contributed by atoms with E-state index < -0.39 is 97.5 Å². The van der Waals surface area contributed by atoms with E-state index >= 15 is 0 Å². The lowest BCUT2D eigenvalue weighted by atomic mass is 10.0. The Bertz CT molecular complexity index is 1980. The molecule has 0 amide bonds. The van der Waals surface area contributed by atoms with Gasteiger partial charge in [0.25, 0.3) is 0 Å². The summed E-state index contributed by atoms with van der Waals surface area (Å²) >= 11 is 0. The summed E-state index contributed by atoms with van der Waals surface area (Å²) < 4.78 is 68.9. The Balaban J connectivity index is 5.24. The summed E-state index contributed by atoms with van der Waals surface area (Å²) in [5.41, 5.74) is 0. The monoisotopic (exact) mass is 1540 g/mol. The number of ether oxygens (including phenoxy) is 4. The van der Waals surface area contributed by atoms with Crippen LogP contribution in [0.3, 0.4) is 0 Å². The summed E-state index contributed by atoms with van der Waals surface area (Å²) in [7, 11) is -9.93. The number of aliphatic hydroxyl groups excluding tert-OH is 1. The number of hydrogen-bond acceptors (Lipinski definition) is 15. The molecule has 0 saturated carbocycles. The van der Waals surface area contributed by atoms with Gasteiger partial charge in [0.2, 0.25) is 0 Å². The quantitative estimate of drug-likeness (QED) is 0.0222. The van der Waals surface area contributed by atoms with Crippen molar-refractivity contribution in [2.24, 2.45) is 0 Å². The van der Waals surface area contributed by atoms with Crippen molar-refractivity contribution >= 4 is 39.5 Å². The Morgan fingerprint density at radius 3 is 0.562 bits per heavy atom. The molecule has 0 radical (unpaired) electrons. The smallest absolute Gasteiger partial charge is 0.462 e. The van der Waals surface area contributed by atoms with Crippen molar-refractivity contribution in [2.45, 2.75) is 489 Å². The molecule has 3 N–H and O–H groups in total. The molecule has 0 aliphatic rings. The van der Waals surface area contributed by atoms with Crippen molar-refractivity contribution in [1.82, 2.24) is 0 Å². The number of phosphoric ester groups is 2. The molecular weight excluding hydrogens is 1370 g/mol. The first-order valence-corrected chi connectivity index (χ1v) is 47.8. The average Bonchev–Trinajstić information content (AvgIpc) is 0.917. The highest BCUT2D eigenvalue weighted by Gasteiger charge is 2.30. The fourth-order valence-electron chi connectivity index (χ4n) is 13.5. The van der Waals surface area contributed by atoms with Crippen LogP contribution in [-0.4, -0.2) is 96.7 Å². The van der Waals surface area contributed by atoms with E-state index in [4.69, 9.17) is 37.0 Å². The van der Waals surface area contributed by atoms with Crippen molar-refractivity contribution in [3.8, 4) is 0 Å². The molecule has 0 aliphatic carbocycles. The number of unbranched alkanes of at least 4 members (excludes halogenated alkanes) is 61. The van der Waals surface area contributed by atoms with Gasteiger partial charge in [0, 0.05) is 25.7 Å². The second kappa shape index (κ2) is 80.1. The number of carbonyl (C=O) groups excluding carboxylic acids is 4. The van der Waals surface area contributed by atoms with E-state index in [0.717, 1.165) is 89.9 Å². The van der Waals surface area contributed by atoms with Gasteiger partial charge in [-0.15, -0.1) is 0 Å². The summed E-state index contributed by atoms with van der Waals surface area (Å²) in [6.07, 6.45) is 74.9. The third-order valence-corrected chi connectivity index (χ3v) is 22.3. The molecule has 105 heavy (non-hydrogen) atoms. The lowest BCUT2D eigenvalue weighted by Crippen LogP contribution is -2.30. The summed E-state index contributed by atoms with van der Waals surface area (Å²) in [6, 6.07) is 0. The molecule has 5 atom stereocenters. The van der Waals surface area contributed by atoms with Crippen LogP contribution in [0.2, 0.25) is 0 Å². The SMILES string of the molecule is CCCCCCCCCCCCCCCCCCCCCC(=O)OC[C@H](COP(=O)(O)OCC(O)COP(=O)(O)OC[C@@H](COC(=O)CCCCCCCCCCCCCC)OC(=O)CCCCCCCCCCCCCCCCC)OC(=O)CCCCCCCCCCCCCCCCCCCCC. The zero-order chi connectivity index (χ0) is 76.7. The molecule has 624 valence electrons. The maximum atomic E-state index is 13.1. The molecular formula is C86H168O17P2. The summed E-state index contributed by atoms with van der Waals surface area (Å²) in [5, 5.41) is 10.7. The van der Waals surface area contributed by atoms with Crippen LogP contribution in [-0.2, 0) is 65.4 Å². The van der Waals surface area contributed by atoms with Crippen LogP contribution >= 0.6 is 15.6 Å². The van der Waals surface area contributed by atoms with E-state index in [1.165, 1.54) is 302 Å². The van der Waals surface area contributed by atoms with Gasteiger partial charge in [-0.2, -0.15) is 0 Å². The van der Waals surface area contributed by atoms with E-state index in [1.807, 2.05) is 0 Å². The Morgan fingerprint density at radius 1 is 0.229 bits per heavy atom. The molecule has 0 aromatic rings. The van der Waals surface area contributed by atoms with Crippen LogP contribution in [0.5, 0.6) is 0 Å². The molecule has 0 heterocycles. The lowest BCUT2D eigenvalue weighted by molar-refractivity contribution is -0.161. The van der Waals surface area contributed by atoms with Crippen molar-refractivity contribution in [3.63, 3.8) is 0 Å². The summed E-state index contributed by atoms with van der Waals surface area (Å²) in [6.45, 7) is 5.07. The van der Waals surface area contributed by atoms with Gasteiger partial charge in [-0.25, -0.2) is 9.13 Å². The topological polar surface area (TPSA) is 237 Å². The van der Waals surface area contributed by atoms with Crippen LogP contribution in [0.4, 0.5) is 0 Å². The molecule has 0 aliphatic heterocycles. The molecule has 0 aromatic carbocycles. The predicted octanol–water partition coefficient (Wildman–Crippen LogP) is 26.5. The Labute approximate surface area is 645 Å². The molecule has 0 bridgehead atoms. The maximum Gasteiger partial charge on any atom is 0.472 e. The number of rotatable bonds is 87. The fourth-order valence-corrected chi connectivity index (χ4v) is 15.1. The predicted molar refractivity (Wildman–Crippen MR) is 432 cm³/mol. The van der Waals surface area contributed by atoms with Gasteiger partial charge in [0.05, 0.1) is 26.4 Å². The highest BCUT2D eigenvalue weighted by molar-refractivity contribution is 7.47. The Morgan fingerprint density at radius 2 is 0.381 bits per heavy atom. The molecule has 0 rings (SSSR count). The molecule has 17 nitrogen and oxygen atoms in total. The molecule has 0 aromatic heterocycles. The van der Waals surface area contributed by atoms with Crippen molar-refractivity contribution < 1.29 is 80.2 Å². The standard InChI is InChI=1S/C86H168O17P2/c1-5-9-13-17-21-25-29-33-36-38-40-42-45-47-51-55-59-63-67-71-84(89)97-77-82(103-86(91)73-69-65-61-57-53-49-46-43-41-39-37-34-30-26-22-18-14-10-6-2)79-101-105(94,95)99-75-80(87)74-98-104(92,93)100-78-81(76-96-83(88)70-66-62-58-54-50-32-28-24-20-16-12-8-4)102-85(90)72-68-64-60-56-52-48-44-35-31-27-23-19-15-11-7-3/h80-82,87H,5-79H2,1-4H3,(H,92,93)(H,94,95)/t80?,81-,82-/m1/s1. The van der Waals surface area contributed by atoms with E-state index in [-0.39, 0.29) is 25.7 Å². The minimum Gasteiger partial charge on any atom is -0.462 e. The van der Waals surface area contributed by atoms with E-state index in [0.29, 0.717) is 25.7 Å². The Hall–Kier alpha value is -1.94. The number of carbonyl (C=O) groups is 4. The van der Waals surface area contributed by atoms with Gasteiger partial charge in [-0.3, -0.25) is 37.3 Å². The minimum atomic E-state index is -4.96. The van der Waals surface area contributed by atoms with Crippen LogP contribution in [0.15, 0.2) is 0 Å². The highest BCUT2D eigenvalue weighted by Crippen LogP contribution is 2.45. The van der Waals surface area contributed by atoms with E-state index in [9.17, 15) is 43.2 Å². The lowest BCUT2D eigenvalue weighted by Gasteiger charge is -2.21. The second-order valence-corrected chi connectivity index (χ2v) is 33.8. The third kappa shape index (κ3) is 79.9. The van der Waals surface area contributed by atoms with Crippen molar-refractivity contribution in [3.05, 3.63) is 0 Å². The van der Waals surface area contributed by atoms with Crippen LogP contribution in [0, 0.1) is 0 Å². The van der Waals surface area contributed by atoms with E-state index in [1.54, 1.807) is 0 Å². The van der Waals surface area contributed by atoms with E-state index in [2.05, 4.69) is 27.7 Å². The summed E-state index contributed by atoms with van der Waals surface area (Å²) in [5.74, 6) is -2.10. The van der Waals surface area contributed by atoms with Gasteiger partial charge in [0.15, 0.2) is 12.2 Å². The molecule has 0 saturated heterocycles. The number of aliphatic hydroxyl groups is 1. The normalized spacial score (nSPS) is 13.7. The van der Waals surface area contributed by atoms with Crippen molar-refractivity contribution in [2.75, 3.05) is 39.6 Å². The van der Waals surface area contributed by atoms with Crippen LogP contribution in [0.25, 0.3) is 0 Å². The number of hydrogen-bond donors (Lipinski definition) is 3. The zero-order valence-electron chi connectivity index (χ0n) is 68.7. The number of phosphoric acid groups is 2. The van der Waals surface area contributed by atoms with Gasteiger partial charge >= 0.3 is 39.5 Å². The first-order chi connectivity index (χ1) is 51.2. The first kappa shape index (κ1) is 103. The molecule has 3 unspecified atom stereocenters. The van der Waals surface area contributed by atoms with Gasteiger partial charge < -0.3 is 33.8 Å². The van der Waals surface area contributed by atoms with Crippen molar-refractivity contribution in [1.29, 1.82) is 0 Å². The van der Waals surface area contributed by atoms with Gasteiger partial charge in [-0.05, 0) is 25.7 Å². The van der Waals surface area contributed by atoms with Gasteiger partial charge in [0.1, 0.15) is 19.3 Å². The van der Waals surface area contributed by atoms with Crippen LogP contribution < -0.4 is 0 Å². The molecule has 0 fully saturated rings. The number of esters is 4. The molecule has 0 spiro atoms. The Kier molecular flexibility index (Phi) is 78.6. The fraction of sp³-hybridized carbons (Fsp3) is 0.953. The average molecular weight is 1540 g/mol. The summed E-state index contributed by atoms with van der Waals surface area (Å²) in [4.78, 5) is 73.2.